The van der Waals surface area contributed by atoms with Crippen LogP contribution in [0.25, 0.3) is 11.1 Å². The van der Waals surface area contributed by atoms with Crippen LogP contribution in [0.2, 0.25) is 0 Å². The van der Waals surface area contributed by atoms with Crippen LogP contribution >= 0.6 is 0 Å². The first-order valence-electron chi connectivity index (χ1n) is 10.2. The maximum atomic E-state index is 14.7. The fourth-order valence-corrected chi connectivity index (χ4v) is 4.32. The molecule has 2 aromatic rings. The smallest absolute Gasteiger partial charge is 0.168 e. The summed E-state index contributed by atoms with van der Waals surface area (Å²) in [4.78, 5) is 0. The summed E-state index contributed by atoms with van der Waals surface area (Å²) in [6, 6.07) is 12.6. The third-order valence-electron chi connectivity index (χ3n) is 5.98. The molecule has 0 radical (unpaired) electrons. The van der Waals surface area contributed by atoms with Crippen molar-refractivity contribution < 1.29 is 9.13 Å². The molecule has 0 N–H and O–H groups in total. The molecule has 2 heteroatoms. The molecule has 0 spiro atoms. The summed E-state index contributed by atoms with van der Waals surface area (Å²) in [6.07, 6.45) is 7.28. The number of ether oxygens (including phenoxy) is 1. The van der Waals surface area contributed by atoms with Gasteiger partial charge in [0.2, 0.25) is 0 Å². The van der Waals surface area contributed by atoms with Gasteiger partial charge in [0, 0.05) is 0 Å². The topological polar surface area (TPSA) is 9.23 Å². The van der Waals surface area contributed by atoms with Crippen molar-refractivity contribution >= 4 is 0 Å². The lowest BCUT2D eigenvalue weighted by molar-refractivity contribution is 0.319. The van der Waals surface area contributed by atoms with Crippen molar-refractivity contribution in [3.05, 3.63) is 53.3 Å². The number of halogens is 1. The van der Waals surface area contributed by atoms with Gasteiger partial charge in [0.25, 0.3) is 0 Å². The van der Waals surface area contributed by atoms with E-state index >= 15 is 0 Å². The predicted molar refractivity (Wildman–Crippen MR) is 107 cm³/mol. The van der Waals surface area contributed by atoms with Gasteiger partial charge in [-0.3, -0.25) is 0 Å². The largest absolute Gasteiger partial charge is 0.491 e. The molecule has 1 aliphatic carbocycles. The maximum absolute atomic E-state index is 14.7. The van der Waals surface area contributed by atoms with Crippen molar-refractivity contribution in [1.82, 2.24) is 0 Å². The number of rotatable bonds is 6. The fraction of sp³-hybridized carbons (Fsp3) is 0.500. The number of hydrogen-bond acceptors (Lipinski definition) is 1. The Balaban J connectivity index is 1.81. The molecule has 0 unspecified atom stereocenters. The van der Waals surface area contributed by atoms with Crippen molar-refractivity contribution in [2.24, 2.45) is 5.92 Å². The van der Waals surface area contributed by atoms with E-state index in [1.54, 1.807) is 6.07 Å². The van der Waals surface area contributed by atoms with E-state index in [-0.39, 0.29) is 5.82 Å². The lowest BCUT2D eigenvalue weighted by atomic mass is 9.77. The van der Waals surface area contributed by atoms with Gasteiger partial charge in [0.05, 0.1) is 6.61 Å². The second kappa shape index (κ2) is 8.70. The zero-order valence-corrected chi connectivity index (χ0v) is 16.4. The molecule has 0 heterocycles. The molecule has 1 fully saturated rings. The summed E-state index contributed by atoms with van der Waals surface area (Å²) >= 11 is 0. The molecule has 0 atom stereocenters. The van der Waals surface area contributed by atoms with Gasteiger partial charge in [-0.05, 0) is 79.2 Å². The van der Waals surface area contributed by atoms with Gasteiger partial charge in [-0.2, -0.15) is 0 Å². The van der Waals surface area contributed by atoms with Gasteiger partial charge in [-0.15, -0.1) is 0 Å². The van der Waals surface area contributed by atoms with Crippen molar-refractivity contribution in [2.75, 3.05) is 6.61 Å². The third kappa shape index (κ3) is 3.95. The fourth-order valence-electron chi connectivity index (χ4n) is 4.32. The average molecular weight is 355 g/mol. The molecule has 3 rings (SSSR count). The first kappa shape index (κ1) is 18.9. The summed E-state index contributed by atoms with van der Waals surface area (Å²) in [6.45, 7) is 6.67. The molecule has 0 saturated heterocycles. The van der Waals surface area contributed by atoms with E-state index in [1.165, 1.54) is 37.7 Å². The van der Waals surface area contributed by atoms with Crippen LogP contribution in [0.1, 0.15) is 69.9 Å². The molecule has 1 aliphatic rings. The zero-order chi connectivity index (χ0) is 18.5. The number of hydrogen-bond donors (Lipinski definition) is 0. The van der Waals surface area contributed by atoms with Gasteiger partial charge in [-0.1, -0.05) is 50.6 Å². The van der Waals surface area contributed by atoms with E-state index < -0.39 is 0 Å². The van der Waals surface area contributed by atoms with Crippen molar-refractivity contribution in [1.29, 1.82) is 0 Å². The SMILES string of the molecule is CCOc1ccc(-c2ccc(C3CCC(CC)CC3)cc2)c(CC)c1F. The number of benzene rings is 2. The molecule has 0 amide bonds. The summed E-state index contributed by atoms with van der Waals surface area (Å²) in [5.41, 5.74) is 4.25. The van der Waals surface area contributed by atoms with Crippen molar-refractivity contribution in [3.63, 3.8) is 0 Å². The van der Waals surface area contributed by atoms with Crippen LogP contribution in [0.3, 0.4) is 0 Å². The second-order valence-corrected chi connectivity index (χ2v) is 7.44. The van der Waals surface area contributed by atoms with E-state index in [2.05, 4.69) is 31.2 Å². The van der Waals surface area contributed by atoms with Gasteiger partial charge in [-0.25, -0.2) is 4.39 Å². The molecule has 1 nitrogen and oxygen atoms in total. The van der Waals surface area contributed by atoms with Gasteiger partial charge < -0.3 is 4.74 Å². The second-order valence-electron chi connectivity index (χ2n) is 7.44. The summed E-state index contributed by atoms with van der Waals surface area (Å²) in [5, 5.41) is 0. The Hall–Kier alpha value is -1.83. The molecule has 140 valence electrons. The van der Waals surface area contributed by atoms with Crippen LogP contribution in [0.4, 0.5) is 4.39 Å². The molecule has 0 bridgehead atoms. The molecular formula is C24H31FO. The van der Waals surface area contributed by atoms with Crippen LogP contribution in [-0.4, -0.2) is 6.61 Å². The quantitative estimate of drug-likeness (QED) is 0.536. The molecular weight excluding hydrogens is 323 g/mol. The Morgan fingerprint density at radius 1 is 0.923 bits per heavy atom. The average Bonchev–Trinajstić information content (AvgIpc) is 2.70. The lowest BCUT2D eigenvalue weighted by Crippen LogP contribution is -2.12. The van der Waals surface area contributed by atoms with E-state index in [0.29, 0.717) is 24.7 Å². The highest BCUT2D eigenvalue weighted by Crippen LogP contribution is 2.38. The van der Waals surface area contributed by atoms with Crippen molar-refractivity contribution in [3.8, 4) is 16.9 Å². The normalized spacial score (nSPS) is 20.2. The highest BCUT2D eigenvalue weighted by molar-refractivity contribution is 5.69. The van der Waals surface area contributed by atoms with E-state index in [9.17, 15) is 4.39 Å². The van der Waals surface area contributed by atoms with Crippen LogP contribution in [0.5, 0.6) is 5.75 Å². The molecule has 0 aromatic heterocycles. The molecule has 0 aliphatic heterocycles. The first-order chi connectivity index (χ1) is 12.7. The minimum Gasteiger partial charge on any atom is -0.491 e. The Morgan fingerprint density at radius 3 is 2.19 bits per heavy atom. The predicted octanol–water partition coefficient (Wildman–Crippen LogP) is 7.14. The molecule has 2 aromatic carbocycles. The van der Waals surface area contributed by atoms with Crippen LogP contribution in [0, 0.1) is 11.7 Å². The zero-order valence-electron chi connectivity index (χ0n) is 16.4. The van der Waals surface area contributed by atoms with Crippen LogP contribution in [0.15, 0.2) is 36.4 Å². The summed E-state index contributed by atoms with van der Waals surface area (Å²) in [5.74, 6) is 1.75. The minimum absolute atomic E-state index is 0.214. The van der Waals surface area contributed by atoms with E-state index in [0.717, 1.165) is 22.6 Å². The Bertz CT molecular complexity index is 712. The minimum atomic E-state index is -0.214. The van der Waals surface area contributed by atoms with Crippen molar-refractivity contribution in [2.45, 2.75) is 65.2 Å². The third-order valence-corrected chi connectivity index (χ3v) is 5.98. The Kier molecular flexibility index (Phi) is 6.34. The molecule has 1 saturated carbocycles. The Morgan fingerprint density at radius 2 is 1.62 bits per heavy atom. The van der Waals surface area contributed by atoms with Crippen LogP contribution in [-0.2, 0) is 6.42 Å². The monoisotopic (exact) mass is 354 g/mol. The highest BCUT2D eigenvalue weighted by Gasteiger charge is 2.21. The van der Waals surface area contributed by atoms with E-state index in [1.807, 2.05) is 19.9 Å². The highest BCUT2D eigenvalue weighted by atomic mass is 19.1. The standard InChI is InChI=1S/C24H31FO/c1-4-17-7-9-18(10-8-17)19-11-13-20(14-12-19)22-15-16-23(26-6-3)24(25)21(22)5-2/h11-18H,4-10H2,1-3H3. The summed E-state index contributed by atoms with van der Waals surface area (Å²) in [7, 11) is 0. The van der Waals surface area contributed by atoms with E-state index in [4.69, 9.17) is 4.74 Å². The molecule has 26 heavy (non-hydrogen) atoms. The Labute approximate surface area is 157 Å². The first-order valence-corrected chi connectivity index (χ1v) is 10.2. The maximum Gasteiger partial charge on any atom is 0.168 e. The lowest BCUT2D eigenvalue weighted by Gasteiger charge is -2.28. The van der Waals surface area contributed by atoms with Gasteiger partial charge in [0.15, 0.2) is 11.6 Å². The van der Waals surface area contributed by atoms with Gasteiger partial charge >= 0.3 is 0 Å². The summed E-state index contributed by atoms with van der Waals surface area (Å²) < 4.78 is 20.1. The van der Waals surface area contributed by atoms with Gasteiger partial charge in [0.1, 0.15) is 0 Å². The van der Waals surface area contributed by atoms with Crippen LogP contribution < -0.4 is 4.74 Å².